The molecule has 64 heavy (non-hydrogen) atoms. The number of anilines is 4. The maximum atomic E-state index is 7.14. The minimum atomic E-state index is -0.0231. The number of para-hydroxylation sites is 5. The first-order valence-electron chi connectivity index (χ1n) is 22.4. The quantitative estimate of drug-likeness (QED) is 0.167. The minimum absolute atomic E-state index is 0.0231. The number of nitrogens with zero attached hydrogens (tertiary/aromatic N) is 5. The Morgan fingerprint density at radius 3 is 1.77 bits per heavy atom. The molecule has 0 aliphatic carbocycles. The number of pyridine rings is 1. The summed E-state index contributed by atoms with van der Waals surface area (Å²) in [5.41, 5.74) is 15.3. The van der Waals surface area contributed by atoms with Crippen molar-refractivity contribution in [1.82, 2.24) is 14.1 Å². The van der Waals surface area contributed by atoms with Crippen molar-refractivity contribution in [3.8, 4) is 23.0 Å². The standard InChI is InChI=1S/C58H53N5O/c1-37-30-40(58(6,7)8)31-38(2)56(37)61-36-60(49-24-16-17-25-50(49)61)52-34-43(35-53-55(52)46-21-13-15-23-48(46)62(53)41-18-10-9-11-19-41)64-42-26-27-45-44-20-12-14-22-47(44)63(51(45)33-42)54-32-39(28-29-59-54)57(3,4)5/h9-35H,36H2,1-8H3. The number of hydrogen-bond acceptors (Lipinski definition) is 4. The fourth-order valence-electron chi connectivity index (χ4n) is 10.0. The van der Waals surface area contributed by atoms with E-state index in [-0.39, 0.29) is 10.8 Å². The Bertz CT molecular complexity index is 3430. The van der Waals surface area contributed by atoms with Gasteiger partial charge in [-0.05, 0) is 108 Å². The van der Waals surface area contributed by atoms with Crippen LogP contribution in [0, 0.1) is 13.8 Å². The van der Waals surface area contributed by atoms with Gasteiger partial charge < -0.3 is 19.1 Å². The molecule has 4 heterocycles. The molecule has 1 aliphatic rings. The van der Waals surface area contributed by atoms with Gasteiger partial charge in [0.15, 0.2) is 0 Å². The molecule has 1 aliphatic heterocycles. The molecule has 0 bridgehead atoms. The van der Waals surface area contributed by atoms with E-state index in [1.54, 1.807) is 0 Å². The Kier molecular flexibility index (Phi) is 9.04. The number of benzene rings is 7. The van der Waals surface area contributed by atoms with E-state index in [0.29, 0.717) is 6.67 Å². The Labute approximate surface area is 375 Å². The van der Waals surface area contributed by atoms with Crippen LogP contribution < -0.4 is 14.5 Å². The van der Waals surface area contributed by atoms with Crippen LogP contribution in [0.3, 0.4) is 0 Å². The van der Waals surface area contributed by atoms with Crippen molar-refractivity contribution in [3.05, 3.63) is 186 Å². The second-order valence-corrected chi connectivity index (χ2v) is 19.5. The molecule has 0 saturated heterocycles. The first-order valence-corrected chi connectivity index (χ1v) is 22.4. The highest BCUT2D eigenvalue weighted by molar-refractivity contribution is 6.17. The number of ether oxygens (including phenoxy) is 1. The number of aryl methyl sites for hydroxylation is 2. The fourth-order valence-corrected chi connectivity index (χ4v) is 10.0. The average molecular weight is 836 g/mol. The Balaban J connectivity index is 1.11. The monoisotopic (exact) mass is 835 g/mol. The maximum Gasteiger partial charge on any atom is 0.137 e. The molecule has 0 radical (unpaired) electrons. The molecule has 10 aromatic rings. The van der Waals surface area contributed by atoms with Crippen LogP contribution in [0.1, 0.15) is 63.8 Å². The second kappa shape index (κ2) is 14.6. The molecule has 6 nitrogen and oxygen atoms in total. The van der Waals surface area contributed by atoms with Crippen LogP contribution in [0.15, 0.2) is 164 Å². The molecule has 0 fully saturated rings. The van der Waals surface area contributed by atoms with Crippen molar-refractivity contribution >= 4 is 66.4 Å². The van der Waals surface area contributed by atoms with Gasteiger partial charge >= 0.3 is 0 Å². The van der Waals surface area contributed by atoms with Gasteiger partial charge in [-0.2, -0.15) is 0 Å². The lowest BCUT2D eigenvalue weighted by atomic mass is 9.84. The molecule has 0 amide bonds. The molecule has 6 heteroatoms. The largest absolute Gasteiger partial charge is 0.457 e. The van der Waals surface area contributed by atoms with Crippen molar-refractivity contribution in [2.75, 3.05) is 16.5 Å². The molecule has 0 atom stereocenters. The number of hydrogen-bond donors (Lipinski definition) is 0. The third-order valence-electron chi connectivity index (χ3n) is 13.1. The van der Waals surface area contributed by atoms with Crippen molar-refractivity contribution < 1.29 is 4.74 Å². The van der Waals surface area contributed by atoms with E-state index in [4.69, 9.17) is 9.72 Å². The molecule has 0 saturated carbocycles. The lowest BCUT2D eigenvalue weighted by Crippen LogP contribution is -2.25. The molecule has 7 aromatic carbocycles. The summed E-state index contributed by atoms with van der Waals surface area (Å²) in [5, 5.41) is 4.71. The zero-order valence-electron chi connectivity index (χ0n) is 37.9. The Morgan fingerprint density at radius 1 is 0.469 bits per heavy atom. The van der Waals surface area contributed by atoms with Gasteiger partial charge in [-0.25, -0.2) is 4.98 Å². The van der Waals surface area contributed by atoms with Crippen LogP contribution in [-0.4, -0.2) is 20.8 Å². The first-order chi connectivity index (χ1) is 30.8. The number of fused-ring (bicyclic) bond motifs is 7. The van der Waals surface area contributed by atoms with Crippen molar-refractivity contribution in [1.29, 1.82) is 0 Å². The lowest BCUT2D eigenvalue weighted by Gasteiger charge is -2.28. The molecule has 0 unspecified atom stereocenters. The van der Waals surface area contributed by atoms with Crippen LogP contribution in [0.5, 0.6) is 11.5 Å². The van der Waals surface area contributed by atoms with E-state index in [1.807, 2.05) is 6.20 Å². The normalized spacial score (nSPS) is 13.2. The van der Waals surface area contributed by atoms with Crippen molar-refractivity contribution in [3.63, 3.8) is 0 Å². The van der Waals surface area contributed by atoms with Crippen molar-refractivity contribution in [2.45, 2.75) is 66.2 Å². The Morgan fingerprint density at radius 2 is 1.06 bits per heavy atom. The highest BCUT2D eigenvalue weighted by atomic mass is 16.5. The lowest BCUT2D eigenvalue weighted by molar-refractivity contribution is 0.484. The molecular formula is C58H53N5O. The van der Waals surface area contributed by atoms with E-state index < -0.39 is 0 Å². The molecule has 0 N–H and O–H groups in total. The predicted octanol–water partition coefficient (Wildman–Crippen LogP) is 15.5. The molecule has 11 rings (SSSR count). The highest BCUT2D eigenvalue weighted by Crippen LogP contribution is 2.51. The van der Waals surface area contributed by atoms with Crippen LogP contribution in [-0.2, 0) is 10.8 Å². The topological polar surface area (TPSA) is 38.5 Å². The minimum Gasteiger partial charge on any atom is -0.457 e. The molecule has 3 aromatic heterocycles. The highest BCUT2D eigenvalue weighted by Gasteiger charge is 2.33. The van der Waals surface area contributed by atoms with E-state index in [0.717, 1.165) is 61.8 Å². The van der Waals surface area contributed by atoms with E-state index in [2.05, 4.69) is 232 Å². The van der Waals surface area contributed by atoms with Gasteiger partial charge in [-0.3, -0.25) is 4.57 Å². The summed E-state index contributed by atoms with van der Waals surface area (Å²) in [4.78, 5) is 9.92. The van der Waals surface area contributed by atoms with Gasteiger partial charge in [0.05, 0.1) is 39.1 Å². The van der Waals surface area contributed by atoms with E-state index in [1.165, 1.54) is 49.8 Å². The van der Waals surface area contributed by atoms with Crippen molar-refractivity contribution in [2.24, 2.45) is 0 Å². The van der Waals surface area contributed by atoms with E-state index in [9.17, 15) is 0 Å². The zero-order chi connectivity index (χ0) is 44.1. The molecular weight excluding hydrogens is 783 g/mol. The maximum absolute atomic E-state index is 7.14. The average Bonchev–Trinajstić information content (AvgIpc) is 3.93. The molecule has 316 valence electrons. The van der Waals surface area contributed by atoms with Crippen LogP contribution in [0.4, 0.5) is 22.7 Å². The van der Waals surface area contributed by atoms with Gasteiger partial charge in [0.1, 0.15) is 24.0 Å². The van der Waals surface area contributed by atoms with E-state index >= 15 is 0 Å². The third-order valence-corrected chi connectivity index (χ3v) is 13.1. The van der Waals surface area contributed by atoms with Gasteiger partial charge in [-0.1, -0.05) is 120 Å². The summed E-state index contributed by atoms with van der Waals surface area (Å²) in [5.74, 6) is 2.41. The summed E-state index contributed by atoms with van der Waals surface area (Å²) in [6, 6.07) is 56.9. The van der Waals surface area contributed by atoms with Crippen LogP contribution >= 0.6 is 0 Å². The first kappa shape index (κ1) is 39.5. The summed E-state index contributed by atoms with van der Waals surface area (Å²) < 4.78 is 11.8. The fraction of sp³-hybridized carbons (Fsp3) is 0.190. The summed E-state index contributed by atoms with van der Waals surface area (Å²) in [7, 11) is 0. The zero-order valence-corrected chi connectivity index (χ0v) is 37.9. The summed E-state index contributed by atoms with van der Waals surface area (Å²) in [6.45, 7) is 18.8. The summed E-state index contributed by atoms with van der Waals surface area (Å²) >= 11 is 0. The number of aromatic nitrogens is 3. The van der Waals surface area contributed by atoms with Gasteiger partial charge in [0, 0.05) is 57.3 Å². The van der Waals surface area contributed by atoms with Crippen LogP contribution in [0.2, 0.25) is 0 Å². The van der Waals surface area contributed by atoms with Gasteiger partial charge in [-0.15, -0.1) is 0 Å². The predicted molar refractivity (Wildman–Crippen MR) is 268 cm³/mol. The SMILES string of the molecule is Cc1cc(C(C)(C)C)cc(C)c1N1CN(c2cc(Oc3ccc4c5ccccc5n(-c5cc(C(C)(C)C)ccn5)c4c3)cc3c2c2ccccc2n3-c2ccccc2)c2ccccc21. The second-order valence-electron chi connectivity index (χ2n) is 19.5. The third kappa shape index (κ3) is 6.42. The summed E-state index contributed by atoms with van der Waals surface area (Å²) in [6.07, 6.45) is 1.93. The van der Waals surface area contributed by atoms with Crippen LogP contribution in [0.25, 0.3) is 55.1 Å². The van der Waals surface area contributed by atoms with Gasteiger partial charge in [0.2, 0.25) is 0 Å². The molecule has 0 spiro atoms. The Hall–Kier alpha value is -7.31. The smallest absolute Gasteiger partial charge is 0.137 e. The van der Waals surface area contributed by atoms with Gasteiger partial charge in [0.25, 0.3) is 0 Å². The number of rotatable bonds is 6.